The molecule has 0 spiro atoms. The maximum atomic E-state index is 13.6. The topological polar surface area (TPSA) is 44.6 Å². The van der Waals surface area contributed by atoms with E-state index in [0.29, 0.717) is 5.91 Å². The molecule has 0 bridgehead atoms. The van der Waals surface area contributed by atoms with Gasteiger partial charge >= 0.3 is 0 Å². The van der Waals surface area contributed by atoms with Gasteiger partial charge in [-0.25, -0.2) is 4.98 Å². The molecule has 2 aliphatic rings. The third kappa shape index (κ3) is 5.68. The van der Waals surface area contributed by atoms with Crippen molar-refractivity contribution in [1.82, 2.24) is 19.4 Å². The van der Waals surface area contributed by atoms with Crippen molar-refractivity contribution in [2.24, 2.45) is 5.92 Å². The molecule has 6 nitrogen and oxygen atoms in total. The van der Waals surface area contributed by atoms with Crippen LogP contribution in [0.5, 0.6) is 0 Å². The predicted molar refractivity (Wildman–Crippen MR) is 158 cm³/mol. The van der Waals surface area contributed by atoms with E-state index in [4.69, 9.17) is 16.6 Å². The number of rotatable bonds is 6. The number of imidazole rings is 1. The van der Waals surface area contributed by atoms with Crippen LogP contribution in [-0.2, 0) is 17.9 Å². The lowest BCUT2D eigenvalue weighted by molar-refractivity contribution is -0.137. The molecule has 3 aromatic carbocycles. The molecule has 202 valence electrons. The molecule has 39 heavy (non-hydrogen) atoms. The van der Waals surface area contributed by atoms with Gasteiger partial charge in [0, 0.05) is 50.0 Å². The summed E-state index contributed by atoms with van der Waals surface area (Å²) in [4.78, 5) is 25.5. The van der Waals surface area contributed by atoms with Crippen molar-refractivity contribution in [2.45, 2.75) is 32.9 Å². The lowest BCUT2D eigenvalue weighted by Crippen LogP contribution is -2.52. The minimum absolute atomic E-state index is 0.0536. The smallest absolute Gasteiger partial charge is 0.227 e. The third-order valence-corrected chi connectivity index (χ3v) is 8.51. The number of aromatic nitrogens is 2. The van der Waals surface area contributed by atoms with Crippen LogP contribution in [0.4, 0.5) is 5.69 Å². The number of hydrogen-bond acceptors (Lipinski definition) is 4. The van der Waals surface area contributed by atoms with Crippen LogP contribution in [0.1, 0.15) is 29.8 Å². The molecule has 2 saturated heterocycles. The summed E-state index contributed by atoms with van der Waals surface area (Å²) < 4.78 is 2.31. The van der Waals surface area contributed by atoms with E-state index in [-0.39, 0.29) is 5.92 Å². The van der Waals surface area contributed by atoms with Gasteiger partial charge in [0.2, 0.25) is 5.91 Å². The Morgan fingerprint density at radius 1 is 0.897 bits per heavy atom. The standard InChI is InChI=1S/C32H36ClN5O/c1-24-7-2-4-10-29(24)36-17-19-37(20-18-36)32(39)26-8-6-16-35(22-26)23-31-34-28-9-3-5-11-30(28)38(31)21-25-12-14-27(33)15-13-25/h2-5,7,9-15,26H,6,8,16-23H2,1H3/t26-/m1/s1. The molecule has 0 N–H and O–H groups in total. The summed E-state index contributed by atoms with van der Waals surface area (Å²) in [6.45, 7) is 8.80. The Morgan fingerprint density at radius 2 is 1.64 bits per heavy atom. The lowest BCUT2D eigenvalue weighted by Gasteiger charge is -2.40. The zero-order chi connectivity index (χ0) is 26.8. The van der Waals surface area contributed by atoms with Crippen molar-refractivity contribution >= 4 is 34.2 Å². The normalized spacial score (nSPS) is 18.6. The molecule has 0 radical (unpaired) electrons. The molecule has 1 aromatic heterocycles. The summed E-state index contributed by atoms with van der Waals surface area (Å²) in [6.07, 6.45) is 2.01. The van der Waals surface area contributed by atoms with Gasteiger partial charge < -0.3 is 14.4 Å². The average molecular weight is 542 g/mol. The summed E-state index contributed by atoms with van der Waals surface area (Å²) in [5.41, 5.74) is 5.92. The van der Waals surface area contributed by atoms with E-state index in [2.05, 4.69) is 80.8 Å². The van der Waals surface area contributed by atoms with Crippen LogP contribution in [0.3, 0.4) is 0 Å². The van der Waals surface area contributed by atoms with Gasteiger partial charge in [0.05, 0.1) is 23.5 Å². The summed E-state index contributed by atoms with van der Waals surface area (Å²) in [5, 5.41) is 0.745. The van der Waals surface area contributed by atoms with Crippen molar-refractivity contribution in [2.75, 3.05) is 44.2 Å². The zero-order valence-corrected chi connectivity index (χ0v) is 23.4. The van der Waals surface area contributed by atoms with Crippen LogP contribution in [-0.4, -0.2) is 64.5 Å². The number of carbonyl (C=O) groups is 1. The van der Waals surface area contributed by atoms with Gasteiger partial charge in [0.1, 0.15) is 5.82 Å². The zero-order valence-electron chi connectivity index (χ0n) is 22.6. The number of para-hydroxylation sites is 3. The van der Waals surface area contributed by atoms with Crippen LogP contribution in [0.25, 0.3) is 11.0 Å². The highest BCUT2D eigenvalue weighted by atomic mass is 35.5. The molecule has 2 aliphatic heterocycles. The number of aryl methyl sites for hydroxylation is 1. The number of likely N-dealkylation sites (tertiary alicyclic amines) is 1. The van der Waals surface area contributed by atoms with E-state index >= 15 is 0 Å². The molecule has 0 unspecified atom stereocenters. The second-order valence-electron chi connectivity index (χ2n) is 10.9. The van der Waals surface area contributed by atoms with E-state index in [0.717, 1.165) is 87.1 Å². The molecule has 1 atom stereocenters. The van der Waals surface area contributed by atoms with Gasteiger partial charge in [-0.05, 0) is 67.8 Å². The molecule has 0 saturated carbocycles. The van der Waals surface area contributed by atoms with E-state index in [9.17, 15) is 4.79 Å². The van der Waals surface area contributed by atoms with Crippen molar-refractivity contribution in [3.8, 4) is 0 Å². The Morgan fingerprint density at radius 3 is 2.44 bits per heavy atom. The summed E-state index contributed by atoms with van der Waals surface area (Å²) in [5.74, 6) is 1.42. The summed E-state index contributed by atoms with van der Waals surface area (Å²) >= 11 is 6.13. The monoisotopic (exact) mass is 541 g/mol. The van der Waals surface area contributed by atoms with Gasteiger partial charge in [-0.3, -0.25) is 9.69 Å². The number of amides is 1. The van der Waals surface area contributed by atoms with Crippen molar-refractivity contribution < 1.29 is 4.79 Å². The van der Waals surface area contributed by atoms with Crippen LogP contribution in [0.2, 0.25) is 5.02 Å². The quantitative estimate of drug-likeness (QED) is 0.318. The number of hydrogen-bond donors (Lipinski definition) is 0. The van der Waals surface area contributed by atoms with E-state index in [1.807, 2.05) is 18.2 Å². The Bertz CT molecular complexity index is 1440. The predicted octanol–water partition coefficient (Wildman–Crippen LogP) is 5.61. The van der Waals surface area contributed by atoms with E-state index in [1.165, 1.54) is 16.8 Å². The van der Waals surface area contributed by atoms with Gasteiger partial charge in [-0.1, -0.05) is 54.1 Å². The fourth-order valence-corrected chi connectivity index (χ4v) is 6.27. The fraction of sp³-hybridized carbons (Fsp3) is 0.375. The Labute approximate surface area is 235 Å². The number of benzene rings is 3. The fourth-order valence-electron chi connectivity index (χ4n) is 6.14. The maximum absolute atomic E-state index is 13.6. The number of fused-ring (bicyclic) bond motifs is 1. The molecule has 2 fully saturated rings. The van der Waals surface area contributed by atoms with Gasteiger partial charge in [-0.15, -0.1) is 0 Å². The lowest BCUT2D eigenvalue weighted by atomic mass is 9.96. The molecule has 7 heteroatoms. The third-order valence-electron chi connectivity index (χ3n) is 8.25. The number of anilines is 1. The number of halogens is 1. The van der Waals surface area contributed by atoms with Gasteiger partial charge in [0.25, 0.3) is 0 Å². The highest BCUT2D eigenvalue weighted by Gasteiger charge is 2.32. The summed E-state index contributed by atoms with van der Waals surface area (Å²) in [6, 6.07) is 24.9. The molecular weight excluding hydrogens is 506 g/mol. The first-order chi connectivity index (χ1) is 19.0. The number of nitrogens with zero attached hydrogens (tertiary/aromatic N) is 5. The van der Waals surface area contributed by atoms with Crippen molar-refractivity contribution in [3.63, 3.8) is 0 Å². The minimum atomic E-state index is 0.0536. The van der Waals surface area contributed by atoms with Crippen LogP contribution >= 0.6 is 11.6 Å². The molecule has 6 rings (SSSR count). The minimum Gasteiger partial charge on any atom is -0.368 e. The molecule has 4 aromatic rings. The van der Waals surface area contributed by atoms with Crippen LogP contribution in [0.15, 0.2) is 72.8 Å². The number of piperazine rings is 1. The Hall–Kier alpha value is -3.35. The molecule has 1 amide bonds. The maximum Gasteiger partial charge on any atom is 0.227 e. The number of piperidine rings is 1. The van der Waals surface area contributed by atoms with Crippen LogP contribution < -0.4 is 4.90 Å². The highest BCUT2D eigenvalue weighted by Crippen LogP contribution is 2.26. The molecular formula is C32H36ClN5O. The first-order valence-corrected chi connectivity index (χ1v) is 14.4. The largest absolute Gasteiger partial charge is 0.368 e. The number of carbonyl (C=O) groups excluding carboxylic acids is 1. The Balaban J connectivity index is 1.12. The summed E-state index contributed by atoms with van der Waals surface area (Å²) in [7, 11) is 0. The van der Waals surface area contributed by atoms with Gasteiger partial charge in [-0.2, -0.15) is 0 Å². The average Bonchev–Trinajstić information content (AvgIpc) is 3.31. The van der Waals surface area contributed by atoms with E-state index in [1.54, 1.807) is 0 Å². The first kappa shape index (κ1) is 25.9. The van der Waals surface area contributed by atoms with Gasteiger partial charge in [0.15, 0.2) is 0 Å². The highest BCUT2D eigenvalue weighted by molar-refractivity contribution is 6.30. The van der Waals surface area contributed by atoms with Crippen molar-refractivity contribution in [1.29, 1.82) is 0 Å². The van der Waals surface area contributed by atoms with Crippen LogP contribution in [0, 0.1) is 12.8 Å². The second-order valence-corrected chi connectivity index (χ2v) is 11.3. The van der Waals surface area contributed by atoms with Crippen molar-refractivity contribution in [3.05, 3.63) is 94.8 Å². The second kappa shape index (κ2) is 11.4. The molecule has 3 heterocycles. The molecule has 0 aliphatic carbocycles. The van der Waals surface area contributed by atoms with E-state index < -0.39 is 0 Å². The first-order valence-electron chi connectivity index (χ1n) is 14.1. The SMILES string of the molecule is Cc1ccccc1N1CCN(C(=O)[C@@H]2CCCN(Cc3nc4ccccc4n3Cc3ccc(Cl)cc3)C2)CC1. The Kier molecular flexibility index (Phi) is 7.58.